The molecule has 0 spiro atoms. The molecule has 6 nitrogen and oxygen atoms in total. The number of hydrogen-bond acceptors (Lipinski definition) is 6. The number of anilines is 1. The number of benzene rings is 1. The number of Topliss-reactive ketones (excluding diaryl/α,β-unsaturated/α-hetero) is 1. The fourth-order valence-electron chi connectivity index (χ4n) is 3.05. The van der Waals surface area contributed by atoms with Crippen molar-refractivity contribution < 1.29 is 9.53 Å². The minimum atomic E-state index is 0.164. The van der Waals surface area contributed by atoms with Gasteiger partial charge in [-0.25, -0.2) is 9.97 Å². The van der Waals surface area contributed by atoms with E-state index in [0.29, 0.717) is 13.0 Å². The standard InChI is InChI=1S/C20H26N4O2/c1-2-19(25)17-5-7-18(8-6-17)26-16-4-11-23-12-14-24(15-13-23)20-21-9-3-10-22-20/h3,5-10H,2,4,11-16H2,1H3. The van der Waals surface area contributed by atoms with E-state index in [2.05, 4.69) is 19.8 Å². The lowest BCUT2D eigenvalue weighted by atomic mass is 10.1. The molecular weight excluding hydrogens is 328 g/mol. The number of ether oxygens (including phenoxy) is 1. The van der Waals surface area contributed by atoms with E-state index < -0.39 is 0 Å². The summed E-state index contributed by atoms with van der Waals surface area (Å²) in [6.45, 7) is 7.53. The number of hydrogen-bond donors (Lipinski definition) is 0. The lowest BCUT2D eigenvalue weighted by molar-refractivity contribution is 0.0988. The number of carbonyl (C=O) groups is 1. The summed E-state index contributed by atoms with van der Waals surface area (Å²) in [6, 6.07) is 9.27. The first-order valence-electron chi connectivity index (χ1n) is 9.26. The molecule has 1 saturated heterocycles. The second-order valence-electron chi connectivity index (χ2n) is 6.38. The van der Waals surface area contributed by atoms with Crippen molar-refractivity contribution >= 4 is 11.7 Å². The molecule has 3 rings (SSSR count). The maximum absolute atomic E-state index is 11.6. The van der Waals surface area contributed by atoms with Crippen molar-refractivity contribution in [1.29, 1.82) is 0 Å². The molecule has 0 amide bonds. The van der Waals surface area contributed by atoms with Gasteiger partial charge in [0.15, 0.2) is 5.78 Å². The summed E-state index contributed by atoms with van der Waals surface area (Å²) in [5, 5.41) is 0. The summed E-state index contributed by atoms with van der Waals surface area (Å²) in [6.07, 6.45) is 5.09. The van der Waals surface area contributed by atoms with Crippen LogP contribution in [-0.4, -0.2) is 60.0 Å². The van der Waals surface area contributed by atoms with Crippen LogP contribution in [0.5, 0.6) is 5.75 Å². The van der Waals surface area contributed by atoms with Gasteiger partial charge in [0.2, 0.25) is 5.95 Å². The van der Waals surface area contributed by atoms with Gasteiger partial charge in [-0.1, -0.05) is 6.92 Å². The molecule has 2 heterocycles. The molecule has 1 aliphatic heterocycles. The van der Waals surface area contributed by atoms with E-state index in [-0.39, 0.29) is 5.78 Å². The molecule has 0 bridgehead atoms. The number of piperazine rings is 1. The smallest absolute Gasteiger partial charge is 0.225 e. The molecule has 1 aromatic heterocycles. The highest BCUT2D eigenvalue weighted by molar-refractivity contribution is 5.95. The molecule has 1 aliphatic rings. The average molecular weight is 354 g/mol. The number of ketones is 1. The highest BCUT2D eigenvalue weighted by Crippen LogP contribution is 2.14. The Balaban J connectivity index is 1.34. The second-order valence-corrected chi connectivity index (χ2v) is 6.38. The lowest BCUT2D eigenvalue weighted by Gasteiger charge is -2.34. The van der Waals surface area contributed by atoms with Crippen LogP contribution in [-0.2, 0) is 0 Å². The van der Waals surface area contributed by atoms with Crippen LogP contribution in [0.1, 0.15) is 30.1 Å². The van der Waals surface area contributed by atoms with Gasteiger partial charge in [0, 0.05) is 57.1 Å². The molecule has 1 aromatic carbocycles. The fraction of sp³-hybridized carbons (Fsp3) is 0.450. The number of rotatable bonds is 8. The Morgan fingerprint density at radius 2 is 1.77 bits per heavy atom. The monoisotopic (exact) mass is 354 g/mol. The maximum Gasteiger partial charge on any atom is 0.225 e. The number of carbonyl (C=O) groups excluding carboxylic acids is 1. The zero-order valence-corrected chi connectivity index (χ0v) is 15.3. The van der Waals surface area contributed by atoms with Crippen LogP contribution in [0.3, 0.4) is 0 Å². The molecule has 2 aromatic rings. The molecule has 26 heavy (non-hydrogen) atoms. The highest BCUT2D eigenvalue weighted by Gasteiger charge is 2.18. The third-order valence-corrected chi connectivity index (χ3v) is 4.59. The Morgan fingerprint density at radius 1 is 1.08 bits per heavy atom. The molecule has 0 aliphatic carbocycles. The predicted molar refractivity (Wildman–Crippen MR) is 102 cm³/mol. The van der Waals surface area contributed by atoms with Crippen LogP contribution in [0, 0.1) is 0 Å². The van der Waals surface area contributed by atoms with Gasteiger partial charge in [-0.15, -0.1) is 0 Å². The Kier molecular flexibility index (Phi) is 6.55. The van der Waals surface area contributed by atoms with Crippen LogP contribution in [0.15, 0.2) is 42.7 Å². The van der Waals surface area contributed by atoms with Gasteiger partial charge in [-0.2, -0.15) is 0 Å². The largest absolute Gasteiger partial charge is 0.494 e. The quantitative estimate of drug-likeness (QED) is 0.537. The van der Waals surface area contributed by atoms with Gasteiger partial charge in [0.05, 0.1) is 6.61 Å². The first-order chi connectivity index (χ1) is 12.8. The van der Waals surface area contributed by atoms with Crippen molar-refractivity contribution in [1.82, 2.24) is 14.9 Å². The Labute approximate surface area is 154 Å². The Bertz CT molecular complexity index is 683. The van der Waals surface area contributed by atoms with Gasteiger partial charge < -0.3 is 9.64 Å². The molecule has 138 valence electrons. The van der Waals surface area contributed by atoms with Crippen LogP contribution in [0.2, 0.25) is 0 Å². The molecule has 0 atom stereocenters. The molecule has 6 heteroatoms. The Hall–Kier alpha value is -2.47. The first-order valence-corrected chi connectivity index (χ1v) is 9.26. The molecule has 0 radical (unpaired) electrons. The van der Waals surface area contributed by atoms with E-state index in [1.54, 1.807) is 12.4 Å². The van der Waals surface area contributed by atoms with E-state index in [0.717, 1.165) is 56.4 Å². The fourth-order valence-corrected chi connectivity index (χ4v) is 3.05. The Morgan fingerprint density at radius 3 is 2.42 bits per heavy atom. The van der Waals surface area contributed by atoms with Crippen LogP contribution < -0.4 is 9.64 Å². The third-order valence-electron chi connectivity index (χ3n) is 4.59. The molecule has 1 fully saturated rings. The van der Waals surface area contributed by atoms with Crippen molar-refractivity contribution in [3.8, 4) is 5.75 Å². The second kappa shape index (κ2) is 9.29. The van der Waals surface area contributed by atoms with Crippen molar-refractivity contribution in [2.75, 3.05) is 44.2 Å². The van der Waals surface area contributed by atoms with Gasteiger partial charge in [-0.05, 0) is 36.8 Å². The van der Waals surface area contributed by atoms with E-state index >= 15 is 0 Å². The zero-order chi connectivity index (χ0) is 18.2. The zero-order valence-electron chi connectivity index (χ0n) is 15.3. The van der Waals surface area contributed by atoms with E-state index in [1.807, 2.05) is 37.3 Å². The number of nitrogens with zero attached hydrogens (tertiary/aromatic N) is 4. The van der Waals surface area contributed by atoms with Crippen molar-refractivity contribution in [2.24, 2.45) is 0 Å². The van der Waals surface area contributed by atoms with Gasteiger partial charge in [0.1, 0.15) is 5.75 Å². The predicted octanol–water partition coefficient (Wildman–Crippen LogP) is 2.66. The molecule has 0 saturated carbocycles. The van der Waals surface area contributed by atoms with Crippen molar-refractivity contribution in [3.05, 3.63) is 48.3 Å². The van der Waals surface area contributed by atoms with Crippen LogP contribution in [0.4, 0.5) is 5.95 Å². The topological polar surface area (TPSA) is 58.6 Å². The molecule has 0 unspecified atom stereocenters. The van der Waals surface area contributed by atoms with E-state index in [4.69, 9.17) is 4.74 Å². The first kappa shape index (κ1) is 18.3. The van der Waals surface area contributed by atoms with Crippen LogP contribution >= 0.6 is 0 Å². The van der Waals surface area contributed by atoms with Crippen LogP contribution in [0.25, 0.3) is 0 Å². The van der Waals surface area contributed by atoms with E-state index in [1.165, 1.54) is 0 Å². The summed E-state index contributed by atoms with van der Waals surface area (Å²) >= 11 is 0. The lowest BCUT2D eigenvalue weighted by Crippen LogP contribution is -2.47. The van der Waals surface area contributed by atoms with Gasteiger partial charge in [-0.3, -0.25) is 9.69 Å². The normalized spacial score (nSPS) is 15.0. The minimum absolute atomic E-state index is 0.164. The average Bonchev–Trinajstić information content (AvgIpc) is 2.72. The maximum atomic E-state index is 11.6. The van der Waals surface area contributed by atoms with Crippen molar-refractivity contribution in [3.63, 3.8) is 0 Å². The highest BCUT2D eigenvalue weighted by atomic mass is 16.5. The SMILES string of the molecule is CCC(=O)c1ccc(OCCCN2CCN(c3ncccn3)CC2)cc1. The van der Waals surface area contributed by atoms with Gasteiger partial charge in [0.25, 0.3) is 0 Å². The summed E-state index contributed by atoms with van der Waals surface area (Å²) in [7, 11) is 0. The summed E-state index contributed by atoms with van der Waals surface area (Å²) in [5.74, 6) is 1.81. The summed E-state index contributed by atoms with van der Waals surface area (Å²) < 4.78 is 5.79. The van der Waals surface area contributed by atoms with Crippen molar-refractivity contribution in [2.45, 2.75) is 19.8 Å². The third kappa shape index (κ3) is 5.02. The summed E-state index contributed by atoms with van der Waals surface area (Å²) in [5.41, 5.74) is 0.750. The number of aromatic nitrogens is 2. The van der Waals surface area contributed by atoms with Gasteiger partial charge >= 0.3 is 0 Å². The summed E-state index contributed by atoms with van der Waals surface area (Å²) in [4.78, 5) is 24.9. The van der Waals surface area contributed by atoms with E-state index in [9.17, 15) is 4.79 Å². The molecule has 0 N–H and O–H groups in total. The minimum Gasteiger partial charge on any atom is -0.494 e. The molecular formula is C20H26N4O2.